The fourth-order valence-corrected chi connectivity index (χ4v) is 3.58. The summed E-state index contributed by atoms with van der Waals surface area (Å²) in [7, 11) is 0. The van der Waals surface area contributed by atoms with Gasteiger partial charge in [-0.2, -0.15) is 0 Å². The third-order valence-corrected chi connectivity index (χ3v) is 4.74. The van der Waals surface area contributed by atoms with Gasteiger partial charge in [0.2, 0.25) is 0 Å². The van der Waals surface area contributed by atoms with Crippen molar-refractivity contribution in [3.63, 3.8) is 0 Å². The molecule has 0 aliphatic heterocycles. The second-order valence-corrected chi connectivity index (χ2v) is 6.14. The van der Waals surface area contributed by atoms with Gasteiger partial charge in [-0.05, 0) is 36.6 Å². The molecule has 0 bridgehead atoms. The highest BCUT2D eigenvalue weighted by Gasteiger charge is 2.20. The van der Waals surface area contributed by atoms with Crippen LogP contribution in [0.1, 0.15) is 28.4 Å². The lowest BCUT2D eigenvalue weighted by atomic mass is 9.99. The van der Waals surface area contributed by atoms with Crippen molar-refractivity contribution in [2.75, 3.05) is 0 Å². The number of hydrogen-bond donors (Lipinski definition) is 0. The average Bonchev–Trinajstić information content (AvgIpc) is 2.95. The summed E-state index contributed by atoms with van der Waals surface area (Å²) in [6.45, 7) is 4.11. The minimum absolute atomic E-state index is 0.0577. The van der Waals surface area contributed by atoms with E-state index in [2.05, 4.69) is 19.1 Å². The molecule has 3 aromatic carbocycles. The number of hydrogen-bond acceptors (Lipinski definition) is 1. The number of carbonyl (C=O) groups excluding carboxylic acids is 1. The number of aromatic nitrogens is 1. The standard InChI is InChI=1S/C22H19NO/c1-3-16-10-8-9-15(2)21(16)22(24)23-19-13-6-4-11-17(19)18-12-5-7-14-20(18)23/h4-14H,3H2,1-2H3. The lowest BCUT2D eigenvalue weighted by Crippen LogP contribution is -2.15. The fourth-order valence-electron chi connectivity index (χ4n) is 3.58. The maximum atomic E-state index is 13.5. The van der Waals surface area contributed by atoms with Gasteiger partial charge in [-0.1, -0.05) is 61.5 Å². The molecular formula is C22H19NO. The zero-order chi connectivity index (χ0) is 16.7. The molecule has 1 aromatic heterocycles. The molecule has 0 atom stereocenters. The van der Waals surface area contributed by atoms with Gasteiger partial charge in [0.25, 0.3) is 5.91 Å². The number of fused-ring (bicyclic) bond motifs is 3. The Kier molecular flexibility index (Phi) is 3.46. The highest BCUT2D eigenvalue weighted by molar-refractivity contribution is 6.16. The second kappa shape index (κ2) is 5.64. The Morgan fingerprint density at radius 3 is 2.00 bits per heavy atom. The quantitative estimate of drug-likeness (QED) is 0.488. The highest BCUT2D eigenvalue weighted by atomic mass is 16.2. The first kappa shape index (κ1) is 14.7. The van der Waals surface area contributed by atoms with E-state index in [-0.39, 0.29) is 5.91 Å². The molecule has 24 heavy (non-hydrogen) atoms. The van der Waals surface area contributed by atoms with Crippen molar-refractivity contribution in [3.8, 4) is 0 Å². The summed E-state index contributed by atoms with van der Waals surface area (Å²) in [5, 5.41) is 2.24. The van der Waals surface area contributed by atoms with Crippen molar-refractivity contribution in [1.82, 2.24) is 4.57 Å². The van der Waals surface area contributed by atoms with Gasteiger partial charge in [0.05, 0.1) is 11.0 Å². The Labute approximate surface area is 141 Å². The number of para-hydroxylation sites is 2. The third-order valence-electron chi connectivity index (χ3n) is 4.74. The lowest BCUT2D eigenvalue weighted by molar-refractivity contribution is 0.0968. The van der Waals surface area contributed by atoms with Crippen LogP contribution in [0.4, 0.5) is 0 Å². The minimum atomic E-state index is 0.0577. The van der Waals surface area contributed by atoms with E-state index in [0.29, 0.717) is 0 Å². The van der Waals surface area contributed by atoms with E-state index in [1.165, 1.54) is 0 Å². The number of benzene rings is 3. The van der Waals surface area contributed by atoms with Crippen molar-refractivity contribution in [2.24, 2.45) is 0 Å². The molecule has 0 N–H and O–H groups in total. The predicted octanol–water partition coefficient (Wildman–Crippen LogP) is 5.35. The molecule has 2 nitrogen and oxygen atoms in total. The van der Waals surface area contributed by atoms with Gasteiger partial charge in [-0.3, -0.25) is 9.36 Å². The fraction of sp³-hybridized carbons (Fsp3) is 0.136. The van der Waals surface area contributed by atoms with Crippen LogP contribution in [-0.2, 0) is 6.42 Å². The van der Waals surface area contributed by atoms with Crippen molar-refractivity contribution in [2.45, 2.75) is 20.3 Å². The molecule has 4 aromatic rings. The van der Waals surface area contributed by atoms with Crippen LogP contribution in [0.25, 0.3) is 21.8 Å². The molecule has 0 aliphatic carbocycles. The van der Waals surface area contributed by atoms with E-state index in [4.69, 9.17) is 0 Å². The lowest BCUT2D eigenvalue weighted by Gasteiger charge is -2.12. The van der Waals surface area contributed by atoms with Gasteiger partial charge in [0.15, 0.2) is 0 Å². The van der Waals surface area contributed by atoms with Crippen LogP contribution in [0.2, 0.25) is 0 Å². The molecule has 0 amide bonds. The first-order chi connectivity index (χ1) is 11.7. The van der Waals surface area contributed by atoms with Crippen molar-refractivity contribution < 1.29 is 4.79 Å². The topological polar surface area (TPSA) is 22.0 Å². The number of carbonyl (C=O) groups is 1. The molecule has 0 saturated heterocycles. The highest BCUT2D eigenvalue weighted by Crippen LogP contribution is 2.30. The largest absolute Gasteiger partial charge is 0.276 e. The maximum Gasteiger partial charge on any atom is 0.263 e. The van der Waals surface area contributed by atoms with E-state index < -0.39 is 0 Å². The molecule has 0 spiro atoms. The van der Waals surface area contributed by atoms with Crippen LogP contribution in [0.3, 0.4) is 0 Å². The SMILES string of the molecule is CCc1cccc(C)c1C(=O)n1c2ccccc2c2ccccc21. The summed E-state index contributed by atoms with van der Waals surface area (Å²) in [6.07, 6.45) is 0.847. The van der Waals surface area contributed by atoms with Crippen molar-refractivity contribution in [1.29, 1.82) is 0 Å². The average molecular weight is 313 g/mol. The van der Waals surface area contributed by atoms with Crippen molar-refractivity contribution in [3.05, 3.63) is 83.4 Å². The van der Waals surface area contributed by atoms with Gasteiger partial charge in [0.1, 0.15) is 0 Å². The summed E-state index contributed by atoms with van der Waals surface area (Å²) in [6, 6.07) is 22.3. The van der Waals surface area contributed by atoms with Crippen molar-refractivity contribution >= 4 is 27.7 Å². The smallest absolute Gasteiger partial charge is 0.263 e. The predicted molar refractivity (Wildman–Crippen MR) is 99.7 cm³/mol. The third kappa shape index (κ3) is 2.07. The molecular weight excluding hydrogens is 294 g/mol. The van der Waals surface area contributed by atoms with Crippen LogP contribution in [-0.4, -0.2) is 10.5 Å². The Hall–Kier alpha value is -2.87. The summed E-state index contributed by atoms with van der Waals surface area (Å²) in [5.41, 5.74) is 4.89. The summed E-state index contributed by atoms with van der Waals surface area (Å²) < 4.78 is 1.87. The minimum Gasteiger partial charge on any atom is -0.276 e. The van der Waals surface area contributed by atoms with E-state index in [9.17, 15) is 4.79 Å². The molecule has 0 aliphatic rings. The van der Waals surface area contributed by atoms with Gasteiger partial charge in [-0.25, -0.2) is 0 Å². The Morgan fingerprint density at radius 1 is 0.833 bits per heavy atom. The molecule has 4 rings (SSSR count). The zero-order valence-corrected chi connectivity index (χ0v) is 13.9. The molecule has 118 valence electrons. The molecule has 0 saturated carbocycles. The maximum absolute atomic E-state index is 13.5. The van der Waals surface area contributed by atoms with Crippen LogP contribution >= 0.6 is 0 Å². The Morgan fingerprint density at radius 2 is 1.42 bits per heavy atom. The summed E-state index contributed by atoms with van der Waals surface area (Å²) >= 11 is 0. The molecule has 0 radical (unpaired) electrons. The molecule has 0 fully saturated rings. The van der Waals surface area contributed by atoms with Crippen LogP contribution in [0.5, 0.6) is 0 Å². The normalized spacial score (nSPS) is 11.2. The van der Waals surface area contributed by atoms with E-state index in [1.54, 1.807) is 0 Å². The Balaban J connectivity index is 2.08. The summed E-state index contributed by atoms with van der Waals surface area (Å²) in [5.74, 6) is 0.0577. The van der Waals surface area contributed by atoms with Crippen LogP contribution in [0.15, 0.2) is 66.7 Å². The summed E-state index contributed by atoms with van der Waals surface area (Å²) in [4.78, 5) is 13.5. The first-order valence-electron chi connectivity index (χ1n) is 8.33. The van der Waals surface area contributed by atoms with Gasteiger partial charge in [0, 0.05) is 16.3 Å². The number of nitrogens with zero attached hydrogens (tertiary/aromatic N) is 1. The zero-order valence-electron chi connectivity index (χ0n) is 13.9. The van der Waals surface area contributed by atoms with E-state index >= 15 is 0 Å². The molecule has 1 heterocycles. The van der Waals surface area contributed by atoms with Gasteiger partial charge >= 0.3 is 0 Å². The van der Waals surface area contributed by atoms with Crippen LogP contribution in [0, 0.1) is 6.92 Å². The monoisotopic (exact) mass is 313 g/mol. The number of aryl methyl sites for hydroxylation is 2. The van der Waals surface area contributed by atoms with E-state index in [1.807, 2.05) is 66.1 Å². The van der Waals surface area contributed by atoms with E-state index in [0.717, 1.165) is 44.9 Å². The van der Waals surface area contributed by atoms with Crippen LogP contribution < -0.4 is 0 Å². The van der Waals surface area contributed by atoms with Gasteiger partial charge in [-0.15, -0.1) is 0 Å². The molecule has 0 unspecified atom stereocenters. The number of rotatable bonds is 2. The second-order valence-electron chi connectivity index (χ2n) is 6.14. The Bertz CT molecular complexity index is 1020. The molecule has 2 heteroatoms. The first-order valence-corrected chi connectivity index (χ1v) is 8.33. The van der Waals surface area contributed by atoms with Gasteiger partial charge < -0.3 is 0 Å².